The first-order chi connectivity index (χ1) is 12.2. The Hall–Kier alpha value is -1.99. The summed E-state index contributed by atoms with van der Waals surface area (Å²) in [6.45, 7) is 4.92. The summed E-state index contributed by atoms with van der Waals surface area (Å²) in [5.74, 6) is 0.821. The standard InChI is InChI=1S/C18H24N4O3/c1-12-14(10-19-17-2-6-20-22(12)17)18(23)21-16-5-9-25-11-15(16)13-3-7-24-8-4-13/h2,6,10,13,15-16H,3-5,7-9,11H2,1H3,(H,21,23)/t15-,16-/m0/s1. The number of ether oxygens (including phenoxy) is 2. The molecule has 2 atom stereocenters. The number of nitrogens with one attached hydrogen (secondary N) is 1. The molecule has 0 bridgehead atoms. The fourth-order valence-electron chi connectivity index (χ4n) is 4.01. The number of hydrogen-bond donors (Lipinski definition) is 1. The number of aryl methyl sites for hydroxylation is 1. The number of hydrogen-bond acceptors (Lipinski definition) is 5. The molecule has 0 unspecified atom stereocenters. The zero-order chi connectivity index (χ0) is 17.2. The van der Waals surface area contributed by atoms with Gasteiger partial charge in [0.1, 0.15) is 0 Å². The van der Waals surface area contributed by atoms with Gasteiger partial charge in [-0.3, -0.25) is 4.79 Å². The van der Waals surface area contributed by atoms with E-state index in [1.54, 1.807) is 16.9 Å². The molecule has 0 saturated carbocycles. The fraction of sp³-hybridized carbons (Fsp3) is 0.611. The van der Waals surface area contributed by atoms with Crippen molar-refractivity contribution in [3.63, 3.8) is 0 Å². The van der Waals surface area contributed by atoms with Crippen molar-refractivity contribution in [2.75, 3.05) is 26.4 Å². The highest BCUT2D eigenvalue weighted by molar-refractivity contribution is 5.95. The van der Waals surface area contributed by atoms with Crippen molar-refractivity contribution in [1.29, 1.82) is 0 Å². The van der Waals surface area contributed by atoms with E-state index in [1.807, 2.05) is 13.0 Å². The van der Waals surface area contributed by atoms with Crippen LogP contribution in [0.3, 0.4) is 0 Å². The Morgan fingerprint density at radius 1 is 1.24 bits per heavy atom. The summed E-state index contributed by atoms with van der Waals surface area (Å²) in [5.41, 5.74) is 2.13. The Morgan fingerprint density at radius 2 is 2.04 bits per heavy atom. The number of carbonyl (C=O) groups excluding carboxylic acids is 1. The average molecular weight is 344 g/mol. The highest BCUT2D eigenvalue weighted by Gasteiger charge is 2.34. The van der Waals surface area contributed by atoms with E-state index < -0.39 is 0 Å². The second-order valence-corrected chi connectivity index (χ2v) is 6.92. The highest BCUT2D eigenvalue weighted by atomic mass is 16.5. The van der Waals surface area contributed by atoms with E-state index in [4.69, 9.17) is 9.47 Å². The maximum atomic E-state index is 12.9. The van der Waals surface area contributed by atoms with Gasteiger partial charge in [0.2, 0.25) is 0 Å². The van der Waals surface area contributed by atoms with Gasteiger partial charge in [0, 0.05) is 44.0 Å². The molecule has 2 aromatic rings. The molecule has 2 saturated heterocycles. The minimum Gasteiger partial charge on any atom is -0.381 e. The summed E-state index contributed by atoms with van der Waals surface area (Å²) in [5, 5.41) is 7.48. The maximum absolute atomic E-state index is 12.9. The highest BCUT2D eigenvalue weighted by Crippen LogP contribution is 2.30. The van der Waals surface area contributed by atoms with Gasteiger partial charge in [-0.15, -0.1) is 0 Å². The minimum atomic E-state index is -0.0774. The Kier molecular flexibility index (Phi) is 4.67. The van der Waals surface area contributed by atoms with Gasteiger partial charge in [0.15, 0.2) is 5.65 Å². The van der Waals surface area contributed by atoms with E-state index >= 15 is 0 Å². The second kappa shape index (κ2) is 7.09. The van der Waals surface area contributed by atoms with E-state index in [2.05, 4.69) is 15.4 Å². The molecule has 4 rings (SSSR count). The molecule has 7 nitrogen and oxygen atoms in total. The largest absolute Gasteiger partial charge is 0.381 e. The SMILES string of the molecule is Cc1c(C(=O)N[C@H]2CCOC[C@H]2C2CCOCC2)cnc2ccnn12. The first-order valence-electron chi connectivity index (χ1n) is 9.00. The average Bonchev–Trinajstić information content (AvgIpc) is 3.13. The van der Waals surface area contributed by atoms with Crippen LogP contribution in [-0.2, 0) is 9.47 Å². The van der Waals surface area contributed by atoms with Gasteiger partial charge in [-0.25, -0.2) is 9.50 Å². The molecule has 7 heteroatoms. The predicted molar refractivity (Wildman–Crippen MR) is 91.4 cm³/mol. The molecule has 134 valence electrons. The van der Waals surface area contributed by atoms with Crippen LogP contribution in [-0.4, -0.2) is 53.0 Å². The molecule has 0 aromatic carbocycles. The van der Waals surface area contributed by atoms with E-state index in [0.717, 1.165) is 43.8 Å². The van der Waals surface area contributed by atoms with Crippen molar-refractivity contribution < 1.29 is 14.3 Å². The fourth-order valence-corrected chi connectivity index (χ4v) is 4.01. The van der Waals surface area contributed by atoms with Crippen LogP contribution in [0.15, 0.2) is 18.5 Å². The lowest BCUT2D eigenvalue weighted by Gasteiger charge is -2.39. The summed E-state index contributed by atoms with van der Waals surface area (Å²) in [4.78, 5) is 17.2. The zero-order valence-electron chi connectivity index (χ0n) is 14.5. The summed E-state index contributed by atoms with van der Waals surface area (Å²) in [6.07, 6.45) is 6.27. The molecule has 1 N–H and O–H groups in total. The lowest BCUT2D eigenvalue weighted by Crippen LogP contribution is -2.49. The molecule has 2 aromatic heterocycles. The number of fused-ring (bicyclic) bond motifs is 1. The third-order valence-electron chi connectivity index (χ3n) is 5.49. The molecular weight excluding hydrogens is 320 g/mol. The van der Waals surface area contributed by atoms with Gasteiger partial charge >= 0.3 is 0 Å². The van der Waals surface area contributed by atoms with Crippen molar-refractivity contribution in [3.05, 3.63) is 29.7 Å². The number of aromatic nitrogens is 3. The molecule has 1 amide bonds. The number of carbonyl (C=O) groups is 1. The molecule has 0 aliphatic carbocycles. The monoisotopic (exact) mass is 344 g/mol. The third-order valence-corrected chi connectivity index (χ3v) is 5.49. The lowest BCUT2D eigenvalue weighted by molar-refractivity contribution is -0.0259. The summed E-state index contributed by atoms with van der Waals surface area (Å²) >= 11 is 0. The molecular formula is C18H24N4O3. The van der Waals surface area contributed by atoms with Crippen molar-refractivity contribution in [1.82, 2.24) is 19.9 Å². The van der Waals surface area contributed by atoms with Crippen molar-refractivity contribution >= 4 is 11.6 Å². The third kappa shape index (κ3) is 3.26. The summed E-state index contributed by atoms with van der Waals surface area (Å²) < 4.78 is 12.9. The molecule has 25 heavy (non-hydrogen) atoms. The number of amides is 1. The van der Waals surface area contributed by atoms with Crippen LogP contribution in [0.25, 0.3) is 5.65 Å². The molecule has 0 spiro atoms. The van der Waals surface area contributed by atoms with Gasteiger partial charge in [-0.2, -0.15) is 5.10 Å². The van der Waals surface area contributed by atoms with Gasteiger partial charge < -0.3 is 14.8 Å². The summed E-state index contributed by atoms with van der Waals surface area (Å²) in [6, 6.07) is 1.96. The van der Waals surface area contributed by atoms with E-state index in [0.29, 0.717) is 30.6 Å². The van der Waals surface area contributed by atoms with Crippen LogP contribution in [0.1, 0.15) is 35.3 Å². The van der Waals surface area contributed by atoms with Crippen LogP contribution < -0.4 is 5.32 Å². The van der Waals surface area contributed by atoms with Crippen LogP contribution in [0.2, 0.25) is 0 Å². The summed E-state index contributed by atoms with van der Waals surface area (Å²) in [7, 11) is 0. The lowest BCUT2D eigenvalue weighted by atomic mass is 9.79. The van der Waals surface area contributed by atoms with Crippen LogP contribution in [0.4, 0.5) is 0 Å². The second-order valence-electron chi connectivity index (χ2n) is 6.92. The minimum absolute atomic E-state index is 0.0774. The molecule has 2 aliphatic heterocycles. The Balaban J connectivity index is 1.52. The topological polar surface area (TPSA) is 77.8 Å². The van der Waals surface area contributed by atoms with Crippen molar-refractivity contribution in [3.8, 4) is 0 Å². The smallest absolute Gasteiger partial charge is 0.254 e. The van der Waals surface area contributed by atoms with Gasteiger partial charge in [0.05, 0.1) is 24.1 Å². The van der Waals surface area contributed by atoms with Crippen LogP contribution >= 0.6 is 0 Å². The molecule has 2 fully saturated rings. The van der Waals surface area contributed by atoms with Crippen LogP contribution in [0, 0.1) is 18.8 Å². The Bertz CT molecular complexity index is 754. The maximum Gasteiger partial charge on any atom is 0.254 e. The normalized spacial score (nSPS) is 25.2. The van der Waals surface area contributed by atoms with Crippen LogP contribution in [0.5, 0.6) is 0 Å². The van der Waals surface area contributed by atoms with Crippen molar-refractivity contribution in [2.24, 2.45) is 11.8 Å². The Morgan fingerprint density at radius 3 is 2.88 bits per heavy atom. The van der Waals surface area contributed by atoms with E-state index in [1.165, 1.54) is 0 Å². The van der Waals surface area contributed by atoms with E-state index in [9.17, 15) is 4.79 Å². The van der Waals surface area contributed by atoms with Gasteiger partial charge in [-0.05, 0) is 32.1 Å². The van der Waals surface area contributed by atoms with Crippen molar-refractivity contribution in [2.45, 2.75) is 32.2 Å². The zero-order valence-corrected chi connectivity index (χ0v) is 14.5. The number of nitrogens with zero attached hydrogens (tertiary/aromatic N) is 3. The first kappa shape index (κ1) is 16.5. The predicted octanol–water partition coefficient (Wildman–Crippen LogP) is 1.60. The molecule has 4 heterocycles. The van der Waals surface area contributed by atoms with Gasteiger partial charge in [0.25, 0.3) is 5.91 Å². The number of rotatable bonds is 3. The van der Waals surface area contributed by atoms with E-state index in [-0.39, 0.29) is 11.9 Å². The van der Waals surface area contributed by atoms with Gasteiger partial charge in [-0.1, -0.05) is 0 Å². The Labute approximate surface area is 146 Å². The quantitative estimate of drug-likeness (QED) is 0.915. The molecule has 0 radical (unpaired) electrons. The molecule has 2 aliphatic rings. The first-order valence-corrected chi connectivity index (χ1v) is 9.00.